The maximum atomic E-state index is 13.1. The average Bonchev–Trinajstić information content (AvgIpc) is 3.09. The van der Waals surface area contributed by atoms with Gasteiger partial charge in [0.15, 0.2) is 5.82 Å². The molecule has 2 heterocycles. The third-order valence-electron chi connectivity index (χ3n) is 4.19. The van der Waals surface area contributed by atoms with Crippen molar-refractivity contribution in [2.75, 3.05) is 5.32 Å². The molecule has 9 heteroatoms. The van der Waals surface area contributed by atoms with Crippen LogP contribution in [0.2, 0.25) is 0 Å². The number of halogens is 3. The van der Waals surface area contributed by atoms with Gasteiger partial charge in [-0.1, -0.05) is 12.8 Å². The molecule has 1 amide bonds. The SMILES string of the molecule is O=C(Nc1ccc(-n2cncn2)nc1)[C@@H]1CCCC[C@H]1C(F)(F)F. The van der Waals surface area contributed by atoms with Crippen LogP contribution >= 0.6 is 0 Å². The van der Waals surface area contributed by atoms with Crippen molar-refractivity contribution in [3.63, 3.8) is 0 Å². The molecule has 3 rings (SSSR count). The molecule has 128 valence electrons. The zero-order valence-corrected chi connectivity index (χ0v) is 12.7. The molecule has 1 N–H and O–H groups in total. The highest BCUT2D eigenvalue weighted by Gasteiger charge is 2.48. The van der Waals surface area contributed by atoms with Crippen molar-refractivity contribution in [2.24, 2.45) is 11.8 Å². The van der Waals surface area contributed by atoms with Crippen LogP contribution in [-0.2, 0) is 4.79 Å². The van der Waals surface area contributed by atoms with E-state index in [9.17, 15) is 18.0 Å². The fourth-order valence-corrected chi connectivity index (χ4v) is 2.99. The minimum atomic E-state index is -4.35. The van der Waals surface area contributed by atoms with Crippen LogP contribution in [-0.4, -0.2) is 31.8 Å². The number of nitrogens with one attached hydrogen (secondary N) is 1. The van der Waals surface area contributed by atoms with E-state index in [1.54, 1.807) is 12.1 Å². The van der Waals surface area contributed by atoms with Gasteiger partial charge in [0.1, 0.15) is 12.7 Å². The first-order valence-electron chi connectivity index (χ1n) is 7.64. The quantitative estimate of drug-likeness (QED) is 0.933. The molecule has 24 heavy (non-hydrogen) atoms. The van der Waals surface area contributed by atoms with E-state index in [-0.39, 0.29) is 12.8 Å². The number of amides is 1. The summed E-state index contributed by atoms with van der Waals surface area (Å²) in [5, 5.41) is 6.46. The number of carbonyl (C=O) groups is 1. The van der Waals surface area contributed by atoms with Crippen LogP contribution in [0, 0.1) is 11.8 Å². The van der Waals surface area contributed by atoms with Crippen LogP contribution in [0.5, 0.6) is 0 Å². The largest absolute Gasteiger partial charge is 0.392 e. The Morgan fingerprint density at radius 1 is 1.25 bits per heavy atom. The van der Waals surface area contributed by atoms with E-state index in [0.717, 1.165) is 0 Å². The van der Waals surface area contributed by atoms with Crippen LogP contribution in [0.15, 0.2) is 31.0 Å². The van der Waals surface area contributed by atoms with Gasteiger partial charge in [0.2, 0.25) is 5.91 Å². The van der Waals surface area contributed by atoms with Crippen LogP contribution in [0.1, 0.15) is 25.7 Å². The molecule has 0 aliphatic heterocycles. The van der Waals surface area contributed by atoms with Gasteiger partial charge in [0.05, 0.1) is 17.8 Å². The fraction of sp³-hybridized carbons (Fsp3) is 0.467. The zero-order valence-electron chi connectivity index (χ0n) is 12.7. The van der Waals surface area contributed by atoms with E-state index in [1.165, 1.54) is 23.5 Å². The second-order valence-corrected chi connectivity index (χ2v) is 5.77. The summed E-state index contributed by atoms with van der Waals surface area (Å²) in [6.07, 6.45) is 1.26. The highest BCUT2D eigenvalue weighted by Crippen LogP contribution is 2.41. The van der Waals surface area contributed by atoms with Crippen molar-refractivity contribution in [1.29, 1.82) is 0 Å². The number of alkyl halides is 3. The van der Waals surface area contributed by atoms with E-state index in [2.05, 4.69) is 20.4 Å². The Hall–Kier alpha value is -2.45. The van der Waals surface area contributed by atoms with E-state index in [0.29, 0.717) is 24.3 Å². The molecule has 2 aromatic heterocycles. The van der Waals surface area contributed by atoms with Crippen molar-refractivity contribution < 1.29 is 18.0 Å². The molecule has 0 unspecified atom stereocenters. The molecule has 0 radical (unpaired) electrons. The maximum Gasteiger partial charge on any atom is 0.392 e. The lowest BCUT2D eigenvalue weighted by Crippen LogP contribution is -2.39. The van der Waals surface area contributed by atoms with Gasteiger partial charge in [0.25, 0.3) is 0 Å². The highest BCUT2D eigenvalue weighted by molar-refractivity contribution is 5.92. The topological polar surface area (TPSA) is 72.7 Å². The normalized spacial score (nSPS) is 21.5. The molecule has 1 aliphatic carbocycles. The Bertz CT molecular complexity index is 684. The van der Waals surface area contributed by atoms with Crippen LogP contribution in [0.25, 0.3) is 5.82 Å². The van der Waals surface area contributed by atoms with Gasteiger partial charge in [-0.15, -0.1) is 0 Å². The van der Waals surface area contributed by atoms with Crippen molar-refractivity contribution in [3.05, 3.63) is 31.0 Å². The van der Waals surface area contributed by atoms with Crippen molar-refractivity contribution >= 4 is 11.6 Å². The first-order chi connectivity index (χ1) is 11.4. The first kappa shape index (κ1) is 16.4. The molecule has 0 saturated heterocycles. The van der Waals surface area contributed by atoms with Gasteiger partial charge < -0.3 is 5.32 Å². The van der Waals surface area contributed by atoms with E-state index in [1.807, 2.05) is 0 Å². The van der Waals surface area contributed by atoms with Gasteiger partial charge in [-0.2, -0.15) is 18.3 Å². The van der Waals surface area contributed by atoms with Gasteiger partial charge in [0, 0.05) is 5.92 Å². The Morgan fingerprint density at radius 2 is 2.04 bits per heavy atom. The third kappa shape index (κ3) is 3.55. The molecular weight excluding hydrogens is 323 g/mol. The summed E-state index contributed by atoms with van der Waals surface area (Å²) in [4.78, 5) is 20.2. The summed E-state index contributed by atoms with van der Waals surface area (Å²) in [6.45, 7) is 0. The predicted molar refractivity (Wildman–Crippen MR) is 79.3 cm³/mol. The molecular formula is C15H16F3N5O. The van der Waals surface area contributed by atoms with Crippen molar-refractivity contribution in [3.8, 4) is 5.82 Å². The maximum absolute atomic E-state index is 13.1. The third-order valence-corrected chi connectivity index (χ3v) is 4.19. The number of pyridine rings is 1. The minimum Gasteiger partial charge on any atom is -0.324 e. The average molecular weight is 339 g/mol. The molecule has 2 atom stereocenters. The first-order valence-corrected chi connectivity index (χ1v) is 7.64. The lowest BCUT2D eigenvalue weighted by Gasteiger charge is -2.31. The number of hydrogen-bond acceptors (Lipinski definition) is 4. The summed E-state index contributed by atoms with van der Waals surface area (Å²) < 4.78 is 40.7. The Labute approximate surface area is 136 Å². The van der Waals surface area contributed by atoms with Gasteiger partial charge in [-0.3, -0.25) is 4.79 Å². The smallest absolute Gasteiger partial charge is 0.324 e. The summed E-state index contributed by atoms with van der Waals surface area (Å²) in [7, 11) is 0. The summed E-state index contributed by atoms with van der Waals surface area (Å²) in [5.41, 5.74) is 0.357. The molecule has 1 saturated carbocycles. The zero-order chi connectivity index (χ0) is 17.2. The standard InChI is InChI=1S/C15H16F3N5O/c16-15(17,18)12-4-2-1-3-11(12)14(24)22-10-5-6-13(20-7-10)23-9-19-8-21-23/h5-9,11-12H,1-4H2,(H,22,24)/t11-,12-/m1/s1. The summed E-state index contributed by atoms with van der Waals surface area (Å²) in [6, 6.07) is 3.18. The molecule has 0 spiro atoms. The molecule has 1 aliphatic rings. The van der Waals surface area contributed by atoms with Crippen molar-refractivity contribution in [1.82, 2.24) is 19.7 Å². The molecule has 0 aromatic carbocycles. The highest BCUT2D eigenvalue weighted by atomic mass is 19.4. The van der Waals surface area contributed by atoms with E-state index in [4.69, 9.17) is 0 Å². The monoisotopic (exact) mass is 339 g/mol. The number of carbonyl (C=O) groups excluding carboxylic acids is 1. The second kappa shape index (κ2) is 6.58. The molecule has 2 aromatic rings. The second-order valence-electron chi connectivity index (χ2n) is 5.77. The molecule has 6 nitrogen and oxygen atoms in total. The Morgan fingerprint density at radius 3 is 2.67 bits per heavy atom. The molecule has 1 fully saturated rings. The van der Waals surface area contributed by atoms with E-state index < -0.39 is 23.9 Å². The van der Waals surface area contributed by atoms with Crippen LogP contribution in [0.4, 0.5) is 18.9 Å². The van der Waals surface area contributed by atoms with Crippen LogP contribution < -0.4 is 5.32 Å². The van der Waals surface area contributed by atoms with E-state index >= 15 is 0 Å². The molecule has 0 bridgehead atoms. The number of anilines is 1. The Kier molecular flexibility index (Phi) is 4.50. The van der Waals surface area contributed by atoms with Crippen molar-refractivity contribution in [2.45, 2.75) is 31.9 Å². The summed E-state index contributed by atoms with van der Waals surface area (Å²) in [5.74, 6) is -2.73. The lowest BCUT2D eigenvalue weighted by atomic mass is 9.78. The predicted octanol–water partition coefficient (Wildman–Crippen LogP) is 2.97. The summed E-state index contributed by atoms with van der Waals surface area (Å²) >= 11 is 0. The van der Waals surface area contributed by atoms with Crippen LogP contribution in [0.3, 0.4) is 0 Å². The number of nitrogens with zero attached hydrogens (tertiary/aromatic N) is 4. The van der Waals surface area contributed by atoms with Gasteiger partial charge in [-0.05, 0) is 25.0 Å². The minimum absolute atomic E-state index is 0.00503. The van der Waals surface area contributed by atoms with Gasteiger partial charge >= 0.3 is 6.18 Å². The number of aromatic nitrogens is 4. The Balaban J connectivity index is 1.69. The lowest BCUT2D eigenvalue weighted by molar-refractivity contribution is -0.197. The van der Waals surface area contributed by atoms with Gasteiger partial charge in [-0.25, -0.2) is 14.6 Å². The fourth-order valence-electron chi connectivity index (χ4n) is 2.99. The number of rotatable bonds is 3. The number of hydrogen-bond donors (Lipinski definition) is 1.